The molecule has 0 unspecified atom stereocenters. The van der Waals surface area contributed by atoms with Crippen molar-refractivity contribution in [1.82, 2.24) is 15.1 Å². The second-order valence-electron chi connectivity index (χ2n) is 5.24. The Bertz CT molecular complexity index is 390. The highest BCUT2D eigenvalue weighted by molar-refractivity contribution is 5.29. The Morgan fingerprint density at radius 1 is 1.29 bits per heavy atom. The summed E-state index contributed by atoms with van der Waals surface area (Å²) in [4.78, 5) is 0. The summed E-state index contributed by atoms with van der Waals surface area (Å²) in [6, 6.07) is 0.635. The van der Waals surface area contributed by atoms with Crippen molar-refractivity contribution in [3.05, 3.63) is 17.0 Å². The van der Waals surface area contributed by atoms with Crippen molar-refractivity contribution >= 4 is 0 Å². The molecule has 0 aromatic carbocycles. The highest BCUT2D eigenvalue weighted by Crippen LogP contribution is 2.31. The van der Waals surface area contributed by atoms with Crippen molar-refractivity contribution in [2.75, 3.05) is 6.54 Å². The first-order valence-electron chi connectivity index (χ1n) is 6.90. The van der Waals surface area contributed by atoms with Gasteiger partial charge in [0.2, 0.25) is 0 Å². The van der Waals surface area contributed by atoms with Gasteiger partial charge in [-0.2, -0.15) is 5.10 Å². The molecule has 1 aliphatic carbocycles. The average molecular weight is 234 g/mol. The second kappa shape index (κ2) is 4.78. The lowest BCUT2D eigenvalue weighted by Crippen LogP contribution is -2.26. The molecular weight excluding hydrogens is 212 g/mol. The lowest BCUT2D eigenvalue weighted by molar-refractivity contribution is 0.319. The maximum absolute atomic E-state index is 5.81. The van der Waals surface area contributed by atoms with Crippen LogP contribution in [0, 0.1) is 0 Å². The number of fused-ring (bicyclic) bond motifs is 1. The molecule has 0 bridgehead atoms. The van der Waals surface area contributed by atoms with Gasteiger partial charge in [0, 0.05) is 37.3 Å². The summed E-state index contributed by atoms with van der Waals surface area (Å²) in [5, 5.41) is 8.21. The van der Waals surface area contributed by atoms with Crippen LogP contribution in [0.25, 0.3) is 0 Å². The standard InChI is InChI=1S/C13H22N4/c14-8-12-11-9-15-7-6-13(11)17(16-12)10-4-2-1-3-5-10/h10,15H,1-9,14H2. The van der Waals surface area contributed by atoms with Crippen LogP contribution in [0.1, 0.15) is 55.1 Å². The lowest BCUT2D eigenvalue weighted by Gasteiger charge is -2.25. The third-order valence-corrected chi connectivity index (χ3v) is 4.16. The fourth-order valence-electron chi connectivity index (χ4n) is 3.24. The van der Waals surface area contributed by atoms with Gasteiger partial charge in [0.1, 0.15) is 0 Å². The van der Waals surface area contributed by atoms with Crippen molar-refractivity contribution in [1.29, 1.82) is 0 Å². The Morgan fingerprint density at radius 2 is 2.12 bits per heavy atom. The fourth-order valence-corrected chi connectivity index (χ4v) is 3.24. The SMILES string of the molecule is NCc1nn(C2CCCCC2)c2c1CNCC2. The molecule has 0 spiro atoms. The first-order valence-corrected chi connectivity index (χ1v) is 6.90. The largest absolute Gasteiger partial charge is 0.325 e. The molecule has 3 rings (SSSR count). The van der Waals surface area contributed by atoms with Gasteiger partial charge in [0.25, 0.3) is 0 Å². The second-order valence-corrected chi connectivity index (χ2v) is 5.24. The van der Waals surface area contributed by atoms with E-state index in [0.717, 1.165) is 25.2 Å². The van der Waals surface area contributed by atoms with Crippen molar-refractivity contribution in [3.8, 4) is 0 Å². The van der Waals surface area contributed by atoms with Crippen LogP contribution in [0.5, 0.6) is 0 Å². The third kappa shape index (κ3) is 2.00. The zero-order valence-electron chi connectivity index (χ0n) is 10.4. The number of rotatable bonds is 2. The van der Waals surface area contributed by atoms with Crippen LogP contribution in [0.4, 0.5) is 0 Å². The van der Waals surface area contributed by atoms with Gasteiger partial charge in [0.15, 0.2) is 0 Å². The number of nitrogens with two attached hydrogens (primary N) is 1. The molecule has 2 heterocycles. The summed E-state index contributed by atoms with van der Waals surface area (Å²) in [6.07, 6.45) is 7.81. The van der Waals surface area contributed by atoms with E-state index in [-0.39, 0.29) is 0 Å². The van der Waals surface area contributed by atoms with E-state index in [2.05, 4.69) is 10.00 Å². The maximum Gasteiger partial charge on any atom is 0.0808 e. The molecule has 1 saturated carbocycles. The van der Waals surface area contributed by atoms with Crippen molar-refractivity contribution in [3.63, 3.8) is 0 Å². The molecule has 94 valence electrons. The molecule has 2 aliphatic rings. The molecule has 4 heteroatoms. The van der Waals surface area contributed by atoms with E-state index >= 15 is 0 Å². The molecule has 1 aromatic rings. The van der Waals surface area contributed by atoms with Crippen LogP contribution < -0.4 is 11.1 Å². The predicted molar refractivity (Wildman–Crippen MR) is 67.7 cm³/mol. The van der Waals surface area contributed by atoms with Crippen molar-refractivity contribution in [2.45, 2.75) is 57.7 Å². The summed E-state index contributed by atoms with van der Waals surface area (Å²) in [7, 11) is 0. The van der Waals surface area contributed by atoms with E-state index in [1.807, 2.05) is 0 Å². The van der Waals surface area contributed by atoms with Crippen LogP contribution in [0.15, 0.2) is 0 Å². The Morgan fingerprint density at radius 3 is 2.88 bits per heavy atom. The van der Waals surface area contributed by atoms with Gasteiger partial charge in [-0.3, -0.25) is 4.68 Å². The average Bonchev–Trinajstić information content (AvgIpc) is 2.78. The van der Waals surface area contributed by atoms with Crippen LogP contribution in [-0.4, -0.2) is 16.3 Å². The molecule has 1 aliphatic heterocycles. The number of aromatic nitrogens is 2. The summed E-state index contributed by atoms with van der Waals surface area (Å²) in [5.74, 6) is 0. The predicted octanol–water partition coefficient (Wildman–Crippen LogP) is 1.49. The minimum absolute atomic E-state index is 0.573. The molecule has 0 atom stereocenters. The van der Waals surface area contributed by atoms with E-state index in [1.165, 1.54) is 43.4 Å². The summed E-state index contributed by atoms with van der Waals surface area (Å²) >= 11 is 0. The lowest BCUT2D eigenvalue weighted by atomic mass is 9.95. The van der Waals surface area contributed by atoms with Crippen LogP contribution in [-0.2, 0) is 19.5 Å². The van der Waals surface area contributed by atoms with Crippen LogP contribution in [0.3, 0.4) is 0 Å². The number of nitrogens with one attached hydrogen (secondary N) is 1. The topological polar surface area (TPSA) is 55.9 Å². The van der Waals surface area contributed by atoms with Gasteiger partial charge in [-0.05, 0) is 12.8 Å². The molecular formula is C13H22N4. The van der Waals surface area contributed by atoms with Gasteiger partial charge >= 0.3 is 0 Å². The Kier molecular flexibility index (Phi) is 3.16. The minimum Gasteiger partial charge on any atom is -0.325 e. The quantitative estimate of drug-likeness (QED) is 0.815. The highest BCUT2D eigenvalue weighted by Gasteiger charge is 2.25. The van der Waals surface area contributed by atoms with Gasteiger partial charge < -0.3 is 11.1 Å². The number of nitrogens with zero attached hydrogens (tertiary/aromatic N) is 2. The zero-order chi connectivity index (χ0) is 11.7. The zero-order valence-corrected chi connectivity index (χ0v) is 10.4. The fraction of sp³-hybridized carbons (Fsp3) is 0.769. The normalized spacial score (nSPS) is 21.5. The summed E-state index contributed by atoms with van der Waals surface area (Å²) in [6.45, 7) is 2.60. The first-order chi connectivity index (χ1) is 8.40. The molecule has 3 N–H and O–H groups in total. The molecule has 1 aromatic heterocycles. The highest BCUT2D eigenvalue weighted by atomic mass is 15.3. The molecule has 1 fully saturated rings. The van der Waals surface area contributed by atoms with E-state index < -0.39 is 0 Å². The van der Waals surface area contributed by atoms with Crippen molar-refractivity contribution < 1.29 is 0 Å². The molecule has 0 saturated heterocycles. The van der Waals surface area contributed by atoms with E-state index in [1.54, 1.807) is 0 Å². The third-order valence-electron chi connectivity index (χ3n) is 4.16. The summed E-state index contributed by atoms with van der Waals surface area (Å²) < 4.78 is 2.32. The Balaban J connectivity index is 1.95. The van der Waals surface area contributed by atoms with Gasteiger partial charge in [-0.25, -0.2) is 0 Å². The van der Waals surface area contributed by atoms with Crippen molar-refractivity contribution in [2.24, 2.45) is 5.73 Å². The van der Waals surface area contributed by atoms with Gasteiger partial charge in [-0.1, -0.05) is 19.3 Å². The molecule has 4 nitrogen and oxygen atoms in total. The smallest absolute Gasteiger partial charge is 0.0808 e. The van der Waals surface area contributed by atoms with E-state index in [4.69, 9.17) is 10.8 Å². The van der Waals surface area contributed by atoms with Crippen LogP contribution >= 0.6 is 0 Å². The van der Waals surface area contributed by atoms with Gasteiger partial charge in [0.05, 0.1) is 11.7 Å². The number of hydrogen-bond donors (Lipinski definition) is 2. The monoisotopic (exact) mass is 234 g/mol. The first kappa shape index (κ1) is 11.2. The molecule has 0 radical (unpaired) electrons. The molecule has 0 amide bonds. The minimum atomic E-state index is 0.573. The van der Waals surface area contributed by atoms with E-state index in [9.17, 15) is 0 Å². The van der Waals surface area contributed by atoms with Gasteiger partial charge in [-0.15, -0.1) is 0 Å². The Hall–Kier alpha value is -0.870. The van der Waals surface area contributed by atoms with Crippen LogP contribution in [0.2, 0.25) is 0 Å². The summed E-state index contributed by atoms with van der Waals surface area (Å²) in [5.41, 5.74) is 9.76. The van der Waals surface area contributed by atoms with E-state index in [0.29, 0.717) is 12.6 Å². The molecule has 17 heavy (non-hydrogen) atoms. The maximum atomic E-state index is 5.81. The Labute approximate surface area is 103 Å². The number of hydrogen-bond acceptors (Lipinski definition) is 3.